The van der Waals surface area contributed by atoms with E-state index in [9.17, 15) is 18.0 Å². The van der Waals surface area contributed by atoms with Crippen molar-refractivity contribution in [2.75, 3.05) is 19.0 Å². The molecule has 5 rings (SSSR count). The van der Waals surface area contributed by atoms with Gasteiger partial charge in [-0.2, -0.15) is 13.4 Å². The van der Waals surface area contributed by atoms with Crippen LogP contribution in [0.15, 0.2) is 76.6 Å². The first-order valence-electron chi connectivity index (χ1n) is 11.7. The molecule has 2 saturated heterocycles. The lowest BCUT2D eigenvalue weighted by Gasteiger charge is -2.21. The van der Waals surface area contributed by atoms with Crippen molar-refractivity contribution < 1.29 is 36.3 Å². The molecule has 0 saturated carbocycles. The summed E-state index contributed by atoms with van der Waals surface area (Å²) in [5, 5.41) is 2.58. The molecule has 2 aromatic carbocycles. The summed E-state index contributed by atoms with van der Waals surface area (Å²) >= 11 is 0. The molecule has 0 bridgehead atoms. The Hall–Kier alpha value is -3.46. The number of fused-ring (bicyclic) bond motifs is 1. The lowest BCUT2D eigenvalue weighted by molar-refractivity contribution is -0.256. The third-order valence-corrected chi connectivity index (χ3v) is 7.39. The Morgan fingerprint density at radius 2 is 1.74 bits per heavy atom. The predicted octanol–water partition coefficient (Wildman–Crippen LogP) is 1.82. The molecule has 1 unspecified atom stereocenters. The Labute approximate surface area is 218 Å². The number of anilines is 1. The molecule has 38 heavy (non-hydrogen) atoms. The number of nitrogens with one attached hydrogen (secondary N) is 1. The lowest BCUT2D eigenvalue weighted by atomic mass is 10.1. The van der Waals surface area contributed by atoms with Gasteiger partial charge in [0, 0.05) is 18.9 Å². The molecule has 5 atom stereocenters. The Bertz CT molecular complexity index is 1460. The van der Waals surface area contributed by atoms with E-state index in [1.54, 1.807) is 42.5 Å². The number of carbonyl (C=O) groups excluding carboxylic acids is 1. The minimum Gasteiger partial charge on any atom is -0.346 e. The normalized spacial score (nSPS) is 24.7. The summed E-state index contributed by atoms with van der Waals surface area (Å²) < 4.78 is 54.3. The van der Waals surface area contributed by atoms with Crippen molar-refractivity contribution in [1.82, 2.24) is 9.55 Å². The first-order chi connectivity index (χ1) is 18.2. The van der Waals surface area contributed by atoms with Gasteiger partial charge in [0.2, 0.25) is 0 Å². The van der Waals surface area contributed by atoms with Gasteiger partial charge in [-0.25, -0.2) is 4.79 Å². The molecule has 2 aliphatic heterocycles. The first-order valence-corrected chi connectivity index (χ1v) is 13.1. The van der Waals surface area contributed by atoms with E-state index in [0.717, 1.165) is 5.56 Å². The minimum absolute atomic E-state index is 0.00103. The number of amides is 1. The van der Waals surface area contributed by atoms with Gasteiger partial charge >= 0.3 is 5.69 Å². The third kappa shape index (κ3) is 5.38. The van der Waals surface area contributed by atoms with Gasteiger partial charge in [-0.3, -0.25) is 13.5 Å². The highest BCUT2D eigenvalue weighted by Crippen LogP contribution is 2.39. The Morgan fingerprint density at radius 1 is 1.03 bits per heavy atom. The number of nitrogens with zero attached hydrogens (tertiary/aromatic N) is 2. The summed E-state index contributed by atoms with van der Waals surface area (Å²) in [7, 11) is -2.69. The molecule has 200 valence electrons. The van der Waals surface area contributed by atoms with Gasteiger partial charge in [0.05, 0.1) is 11.5 Å². The van der Waals surface area contributed by atoms with Crippen molar-refractivity contribution in [3.8, 4) is 0 Å². The maximum atomic E-state index is 12.9. The highest BCUT2D eigenvalue weighted by molar-refractivity contribution is 7.86. The molecule has 0 radical (unpaired) electrons. The van der Waals surface area contributed by atoms with Crippen LogP contribution in [0, 0.1) is 6.92 Å². The summed E-state index contributed by atoms with van der Waals surface area (Å²) in [5.74, 6) is -0.369. The first kappa shape index (κ1) is 26.2. The molecule has 3 heterocycles. The fourth-order valence-electron chi connectivity index (χ4n) is 4.16. The number of hydrogen-bond acceptors (Lipinski definition) is 10. The fraction of sp³-hybridized carbons (Fsp3) is 0.320. The van der Waals surface area contributed by atoms with E-state index in [0.29, 0.717) is 5.56 Å². The number of aromatic nitrogens is 2. The lowest BCUT2D eigenvalue weighted by Crippen LogP contribution is -2.35. The average Bonchev–Trinajstić information content (AvgIpc) is 3.48. The van der Waals surface area contributed by atoms with Gasteiger partial charge in [-0.15, -0.1) is 0 Å². The van der Waals surface area contributed by atoms with Crippen LogP contribution in [0.3, 0.4) is 0 Å². The summed E-state index contributed by atoms with van der Waals surface area (Å²) in [5.41, 5.74) is 0.587. The van der Waals surface area contributed by atoms with Crippen molar-refractivity contribution in [3.05, 3.63) is 88.5 Å². The van der Waals surface area contributed by atoms with E-state index in [1.807, 2.05) is 6.92 Å². The molecule has 1 N–H and O–H groups in total. The van der Waals surface area contributed by atoms with Crippen LogP contribution in [0.25, 0.3) is 0 Å². The van der Waals surface area contributed by atoms with E-state index in [1.165, 1.54) is 36.1 Å². The maximum absolute atomic E-state index is 12.9. The van der Waals surface area contributed by atoms with Crippen molar-refractivity contribution in [2.45, 2.75) is 42.8 Å². The summed E-state index contributed by atoms with van der Waals surface area (Å²) in [6.45, 7) is 0.413. The molecule has 1 aromatic heterocycles. The predicted molar refractivity (Wildman–Crippen MR) is 132 cm³/mol. The zero-order chi connectivity index (χ0) is 26.9. The van der Waals surface area contributed by atoms with Crippen molar-refractivity contribution in [2.24, 2.45) is 0 Å². The molecule has 12 nitrogen and oxygen atoms in total. The Kier molecular flexibility index (Phi) is 7.38. The quantitative estimate of drug-likeness (QED) is 0.418. The zero-order valence-corrected chi connectivity index (χ0v) is 21.2. The van der Waals surface area contributed by atoms with Crippen molar-refractivity contribution in [3.63, 3.8) is 0 Å². The van der Waals surface area contributed by atoms with Crippen LogP contribution in [0.5, 0.6) is 0 Å². The molecule has 0 aliphatic carbocycles. The summed E-state index contributed by atoms with van der Waals surface area (Å²) in [6, 6.07) is 16.2. The third-order valence-electron chi connectivity index (χ3n) is 6.09. The molecule has 13 heteroatoms. The highest BCUT2D eigenvalue weighted by atomic mass is 32.2. The molecule has 0 spiro atoms. The van der Waals surface area contributed by atoms with E-state index in [4.69, 9.17) is 23.1 Å². The number of hydrogen-bond donors (Lipinski definition) is 1. The van der Waals surface area contributed by atoms with Crippen molar-refractivity contribution in [1.29, 1.82) is 0 Å². The van der Waals surface area contributed by atoms with Crippen LogP contribution in [0.4, 0.5) is 5.82 Å². The monoisotopic (exact) mass is 543 g/mol. The van der Waals surface area contributed by atoms with Crippen molar-refractivity contribution >= 4 is 21.8 Å². The van der Waals surface area contributed by atoms with Crippen LogP contribution in [-0.2, 0) is 33.2 Å². The van der Waals surface area contributed by atoms with Gasteiger partial charge in [-0.05, 0) is 37.3 Å². The molecular weight excluding hydrogens is 518 g/mol. The smallest absolute Gasteiger partial charge is 0.346 e. The number of carbonyl (C=O) groups is 1. The van der Waals surface area contributed by atoms with Gasteiger partial charge in [0.1, 0.15) is 24.1 Å². The number of ether oxygens (including phenoxy) is 4. The highest BCUT2D eigenvalue weighted by Gasteiger charge is 2.54. The van der Waals surface area contributed by atoms with Crippen LogP contribution in [0.2, 0.25) is 0 Å². The molecule has 2 aliphatic rings. The fourth-order valence-corrected chi connectivity index (χ4v) is 5.08. The van der Waals surface area contributed by atoms with Gasteiger partial charge in [-0.1, -0.05) is 35.9 Å². The second kappa shape index (κ2) is 10.7. The van der Waals surface area contributed by atoms with Gasteiger partial charge in [0.25, 0.3) is 22.5 Å². The number of benzene rings is 2. The van der Waals surface area contributed by atoms with E-state index in [-0.39, 0.29) is 17.3 Å². The Balaban J connectivity index is 1.32. The standard InChI is InChI=1S/C25H25N3O9S/c1-15-8-10-17(11-9-15)38(31,32)34-14-18-20-21(37-25(33-2)36-20)23(35-18)28-13-12-19(27-24(28)30)26-22(29)16-6-4-3-5-7-16/h3-13,18,20-21,23,25H,14H2,1-2H3,(H,26,27,29,30)/t18-,20-,21-,23-,25?/m1/s1. The van der Waals surface area contributed by atoms with Gasteiger partial charge in [0.15, 0.2) is 6.23 Å². The maximum Gasteiger partial charge on any atom is 0.351 e. The number of aryl methyl sites for hydroxylation is 1. The van der Waals surface area contributed by atoms with E-state index >= 15 is 0 Å². The van der Waals surface area contributed by atoms with Gasteiger partial charge < -0.3 is 24.3 Å². The number of rotatable bonds is 8. The van der Waals surface area contributed by atoms with Crippen LogP contribution >= 0.6 is 0 Å². The molecular formula is C25H25N3O9S. The Morgan fingerprint density at radius 3 is 2.42 bits per heavy atom. The van der Waals surface area contributed by atoms with Crippen LogP contribution in [-0.4, -0.2) is 62.4 Å². The summed E-state index contributed by atoms with van der Waals surface area (Å²) in [4.78, 5) is 29.2. The van der Waals surface area contributed by atoms with E-state index < -0.39 is 52.7 Å². The topological polar surface area (TPSA) is 144 Å². The minimum atomic E-state index is -4.07. The molecule has 1 amide bonds. The second-order valence-corrected chi connectivity index (χ2v) is 10.3. The SMILES string of the molecule is COC1O[C@@H]2[C@H](O1)[C@@H](COS(=O)(=O)c1ccc(C)cc1)O[C@H]2n1ccc(NC(=O)c2ccccc2)nc1=O. The summed E-state index contributed by atoms with van der Waals surface area (Å²) in [6.07, 6.45) is -2.14. The molecule has 3 aromatic rings. The number of methoxy groups -OCH3 is 1. The zero-order valence-electron chi connectivity index (χ0n) is 20.4. The average molecular weight is 544 g/mol. The van der Waals surface area contributed by atoms with Crippen LogP contribution in [0.1, 0.15) is 22.1 Å². The second-order valence-electron chi connectivity index (χ2n) is 8.67. The largest absolute Gasteiger partial charge is 0.351 e. The molecule has 2 fully saturated rings. The van der Waals surface area contributed by atoms with E-state index in [2.05, 4.69) is 10.3 Å². The van der Waals surface area contributed by atoms with Crippen LogP contribution < -0.4 is 11.0 Å².